The minimum Gasteiger partial charge on any atom is -0.504 e. The zero-order valence-corrected chi connectivity index (χ0v) is 13.8. The third kappa shape index (κ3) is 3.99. The number of carbonyl (C=O) groups is 1. The van der Waals surface area contributed by atoms with E-state index in [1.165, 1.54) is 7.11 Å². The second-order valence-electron chi connectivity index (χ2n) is 4.94. The largest absolute Gasteiger partial charge is 0.504 e. The molecule has 0 radical (unpaired) electrons. The number of aromatic hydroxyl groups is 1. The molecule has 106 valence electrons. The van der Waals surface area contributed by atoms with Gasteiger partial charge in [0.05, 0.1) is 16.1 Å². The van der Waals surface area contributed by atoms with Crippen LogP contribution in [-0.2, 0) is 16.1 Å². The Bertz CT molecular complexity index is 469. The first-order valence-corrected chi connectivity index (χ1v) is 7.12. The Morgan fingerprint density at radius 2 is 2.05 bits per heavy atom. The van der Waals surface area contributed by atoms with Gasteiger partial charge in [0.1, 0.15) is 6.61 Å². The van der Waals surface area contributed by atoms with Crippen molar-refractivity contribution >= 4 is 28.6 Å². The molecule has 1 aromatic rings. The van der Waals surface area contributed by atoms with E-state index in [9.17, 15) is 9.90 Å². The van der Waals surface area contributed by atoms with Crippen molar-refractivity contribution < 1.29 is 19.4 Å². The summed E-state index contributed by atoms with van der Waals surface area (Å²) in [5.41, 5.74) is 0.313. The van der Waals surface area contributed by atoms with E-state index in [-0.39, 0.29) is 18.3 Å². The highest BCUT2D eigenvalue weighted by molar-refractivity contribution is 14.1. The fourth-order valence-corrected chi connectivity index (χ4v) is 2.02. The van der Waals surface area contributed by atoms with Crippen LogP contribution in [-0.4, -0.2) is 18.2 Å². The molecular weight excluding hydrogens is 359 g/mol. The van der Waals surface area contributed by atoms with E-state index in [1.807, 2.05) is 43.4 Å². The van der Waals surface area contributed by atoms with Crippen LogP contribution in [0.15, 0.2) is 12.1 Å². The average molecular weight is 378 g/mol. The zero-order valence-electron chi connectivity index (χ0n) is 11.6. The molecule has 1 aromatic carbocycles. The molecule has 1 N–H and O–H groups in total. The Morgan fingerprint density at radius 3 is 2.58 bits per heavy atom. The fourth-order valence-electron chi connectivity index (χ4n) is 1.35. The molecule has 0 saturated heterocycles. The minimum absolute atomic E-state index is 0.104. The molecular formula is C14H19IO4. The van der Waals surface area contributed by atoms with E-state index >= 15 is 0 Å². The van der Waals surface area contributed by atoms with Crippen LogP contribution in [0.1, 0.15) is 32.8 Å². The summed E-state index contributed by atoms with van der Waals surface area (Å²) in [7, 11) is 1.49. The molecule has 0 heterocycles. The number of phenolic OH excluding ortho intramolecular Hbond substituents is 1. The van der Waals surface area contributed by atoms with Crippen LogP contribution in [0, 0.1) is 8.99 Å². The van der Waals surface area contributed by atoms with Crippen LogP contribution in [0.5, 0.6) is 11.5 Å². The summed E-state index contributed by atoms with van der Waals surface area (Å²) in [5.74, 6) is 0.261. The van der Waals surface area contributed by atoms with Gasteiger partial charge in [0.2, 0.25) is 0 Å². The lowest BCUT2D eigenvalue weighted by Crippen LogP contribution is -2.25. The van der Waals surface area contributed by atoms with Crippen molar-refractivity contribution in [1.29, 1.82) is 0 Å². The molecule has 0 saturated carbocycles. The molecule has 0 aliphatic rings. The van der Waals surface area contributed by atoms with E-state index < -0.39 is 5.41 Å². The zero-order chi connectivity index (χ0) is 14.6. The fraction of sp³-hybridized carbons (Fsp3) is 0.500. The molecule has 0 aliphatic heterocycles. The van der Waals surface area contributed by atoms with Crippen molar-refractivity contribution in [3.05, 3.63) is 21.3 Å². The third-order valence-electron chi connectivity index (χ3n) is 3.11. The van der Waals surface area contributed by atoms with Crippen molar-refractivity contribution in [2.45, 2.75) is 33.8 Å². The van der Waals surface area contributed by atoms with Crippen molar-refractivity contribution in [2.75, 3.05) is 7.11 Å². The number of benzene rings is 1. The Morgan fingerprint density at radius 1 is 1.42 bits per heavy atom. The third-order valence-corrected chi connectivity index (χ3v) is 3.94. The van der Waals surface area contributed by atoms with E-state index in [1.54, 1.807) is 12.1 Å². The van der Waals surface area contributed by atoms with Crippen LogP contribution in [0.3, 0.4) is 0 Å². The van der Waals surface area contributed by atoms with E-state index in [4.69, 9.17) is 9.47 Å². The van der Waals surface area contributed by atoms with Crippen molar-refractivity contribution in [3.8, 4) is 11.5 Å². The van der Waals surface area contributed by atoms with E-state index in [0.29, 0.717) is 9.32 Å². The monoisotopic (exact) mass is 378 g/mol. The summed E-state index contributed by atoms with van der Waals surface area (Å²) in [6, 6.07) is 3.44. The van der Waals surface area contributed by atoms with Crippen LogP contribution < -0.4 is 4.74 Å². The normalized spacial score (nSPS) is 11.2. The lowest BCUT2D eigenvalue weighted by Gasteiger charge is -2.20. The lowest BCUT2D eigenvalue weighted by molar-refractivity contribution is -0.155. The van der Waals surface area contributed by atoms with Gasteiger partial charge in [0.15, 0.2) is 11.5 Å². The number of ether oxygens (including phenoxy) is 2. The van der Waals surface area contributed by atoms with Gasteiger partial charge < -0.3 is 14.6 Å². The smallest absolute Gasteiger partial charge is 0.311 e. The number of hydrogen-bond donors (Lipinski definition) is 1. The molecule has 5 heteroatoms. The first-order chi connectivity index (χ1) is 8.81. The molecule has 0 bridgehead atoms. The van der Waals surface area contributed by atoms with Gasteiger partial charge in [-0.1, -0.05) is 6.92 Å². The SMILES string of the molecule is CCC(C)(C)C(=O)OCc1cc(I)c(O)c(OC)c1. The quantitative estimate of drug-likeness (QED) is 0.630. The van der Waals surface area contributed by atoms with Gasteiger partial charge in [-0.3, -0.25) is 4.79 Å². The Hall–Kier alpha value is -0.980. The predicted molar refractivity (Wildman–Crippen MR) is 81.2 cm³/mol. The topological polar surface area (TPSA) is 55.8 Å². The molecule has 4 nitrogen and oxygen atoms in total. The van der Waals surface area contributed by atoms with Gasteiger partial charge in [-0.25, -0.2) is 0 Å². The number of halogens is 1. The van der Waals surface area contributed by atoms with Crippen LogP contribution in [0.2, 0.25) is 0 Å². The van der Waals surface area contributed by atoms with Gasteiger partial charge in [-0.15, -0.1) is 0 Å². The maximum absolute atomic E-state index is 11.9. The summed E-state index contributed by atoms with van der Waals surface area (Å²) in [5, 5.41) is 9.73. The summed E-state index contributed by atoms with van der Waals surface area (Å²) in [6.07, 6.45) is 0.724. The summed E-state index contributed by atoms with van der Waals surface area (Å²) in [4.78, 5) is 11.9. The Kier molecular flexibility index (Phi) is 5.46. The highest BCUT2D eigenvalue weighted by Crippen LogP contribution is 2.33. The maximum Gasteiger partial charge on any atom is 0.311 e. The summed E-state index contributed by atoms with van der Waals surface area (Å²) >= 11 is 2.01. The van der Waals surface area contributed by atoms with Crippen molar-refractivity contribution in [2.24, 2.45) is 5.41 Å². The average Bonchev–Trinajstić information content (AvgIpc) is 2.39. The lowest BCUT2D eigenvalue weighted by atomic mass is 9.91. The number of rotatable bonds is 5. The first-order valence-electron chi connectivity index (χ1n) is 6.04. The predicted octanol–water partition coefficient (Wildman–Crippen LogP) is 3.48. The number of carbonyl (C=O) groups excluding carboxylic acids is 1. The van der Waals surface area contributed by atoms with E-state index in [0.717, 1.165) is 12.0 Å². The number of methoxy groups -OCH3 is 1. The van der Waals surface area contributed by atoms with Crippen LogP contribution in [0.4, 0.5) is 0 Å². The van der Waals surface area contributed by atoms with E-state index in [2.05, 4.69) is 0 Å². The van der Waals surface area contributed by atoms with Crippen molar-refractivity contribution in [1.82, 2.24) is 0 Å². The molecule has 0 amide bonds. The molecule has 0 aliphatic carbocycles. The van der Waals surface area contributed by atoms with Gasteiger partial charge in [0.25, 0.3) is 0 Å². The molecule has 0 fully saturated rings. The summed E-state index contributed by atoms with van der Waals surface area (Å²) < 4.78 is 11.0. The Labute approximate surface area is 127 Å². The highest BCUT2D eigenvalue weighted by Gasteiger charge is 2.27. The molecule has 0 aromatic heterocycles. The first kappa shape index (κ1) is 16.1. The van der Waals surface area contributed by atoms with Gasteiger partial charge in [-0.2, -0.15) is 0 Å². The molecule has 0 spiro atoms. The molecule has 19 heavy (non-hydrogen) atoms. The molecule has 0 atom stereocenters. The molecule has 0 unspecified atom stereocenters. The van der Waals surface area contributed by atoms with Gasteiger partial charge in [-0.05, 0) is 60.6 Å². The highest BCUT2D eigenvalue weighted by atomic mass is 127. The minimum atomic E-state index is -0.478. The number of hydrogen-bond acceptors (Lipinski definition) is 4. The second kappa shape index (κ2) is 6.45. The standard InChI is InChI=1S/C14H19IO4/c1-5-14(2,3)13(17)19-8-9-6-10(15)12(16)11(7-9)18-4/h6-7,16H,5,8H2,1-4H3. The van der Waals surface area contributed by atoms with Gasteiger partial charge >= 0.3 is 5.97 Å². The Balaban J connectivity index is 2.79. The molecule has 1 rings (SSSR count). The van der Waals surface area contributed by atoms with Crippen molar-refractivity contribution in [3.63, 3.8) is 0 Å². The second-order valence-corrected chi connectivity index (χ2v) is 6.10. The maximum atomic E-state index is 11.9. The van der Waals surface area contributed by atoms with Gasteiger partial charge in [0, 0.05) is 0 Å². The van der Waals surface area contributed by atoms with Crippen LogP contribution >= 0.6 is 22.6 Å². The number of esters is 1. The summed E-state index contributed by atoms with van der Waals surface area (Å²) in [6.45, 7) is 5.84. The van der Waals surface area contributed by atoms with Crippen LogP contribution in [0.25, 0.3) is 0 Å². The number of phenols is 1.